The third-order valence-electron chi connectivity index (χ3n) is 10.2. The minimum atomic E-state index is -4.63. The lowest BCUT2D eigenvalue weighted by atomic mass is 10.0. The van der Waals surface area contributed by atoms with Gasteiger partial charge in [-0.15, -0.1) is 0 Å². The highest BCUT2D eigenvalue weighted by Crippen LogP contribution is 2.38. The quantitative estimate of drug-likeness (QED) is 0.0196. The van der Waals surface area contributed by atoms with E-state index >= 15 is 0 Å². The van der Waals surface area contributed by atoms with Crippen LogP contribution < -0.4 is 4.89 Å². The van der Waals surface area contributed by atoms with Crippen LogP contribution in [0.15, 0.2) is 24.3 Å². The Morgan fingerprint density at radius 2 is 0.947 bits per heavy atom. The third kappa shape index (κ3) is 43.9. The highest BCUT2D eigenvalue weighted by molar-refractivity contribution is 7.45. The summed E-state index contributed by atoms with van der Waals surface area (Å²) in [5.74, 6) is -0.841. The number of carbonyl (C=O) groups excluding carboxylic acids is 2. The van der Waals surface area contributed by atoms with E-state index in [1.807, 2.05) is 21.1 Å². The van der Waals surface area contributed by atoms with Crippen LogP contribution >= 0.6 is 7.82 Å². The maximum atomic E-state index is 12.7. The molecule has 0 rings (SSSR count). The molecule has 57 heavy (non-hydrogen) atoms. The second-order valence-corrected chi connectivity index (χ2v) is 18.5. The standard InChI is InChI=1S/C47H90NO8P/c1-6-8-10-12-14-16-18-20-22-24-26-27-29-31-33-35-37-39-46(49)53-43-45(44-55-57(51,52)54-42-41-48(3,4)5)56-47(50)40-38-36-34-32-30-28-25-23-21-19-17-15-13-11-9-7-2/h17,19,23,25,45H,6-16,18,20-22,24,26-44H2,1-5H3/b19-17-,25-23-. The van der Waals surface area contributed by atoms with Gasteiger partial charge in [-0.3, -0.25) is 14.2 Å². The summed E-state index contributed by atoms with van der Waals surface area (Å²) in [7, 11) is 1.16. The SMILES string of the molecule is CCCCCC/C=C\C/C=C\CCCCCCCC(=O)OC(COC(=O)CCCCCCCCCCCCCCCCCCC)COP(=O)([O-])OCC[N+](C)(C)C. The Morgan fingerprint density at radius 3 is 1.40 bits per heavy atom. The van der Waals surface area contributed by atoms with Gasteiger partial charge in [0, 0.05) is 12.8 Å². The van der Waals surface area contributed by atoms with Crippen LogP contribution in [-0.4, -0.2) is 70.0 Å². The van der Waals surface area contributed by atoms with E-state index in [9.17, 15) is 19.0 Å². The minimum Gasteiger partial charge on any atom is -0.756 e. The molecule has 0 aromatic carbocycles. The lowest BCUT2D eigenvalue weighted by Gasteiger charge is -2.28. The smallest absolute Gasteiger partial charge is 0.306 e. The first kappa shape index (κ1) is 55.5. The van der Waals surface area contributed by atoms with Crippen LogP contribution in [0.1, 0.15) is 213 Å². The molecule has 0 saturated heterocycles. The molecule has 0 aliphatic carbocycles. The highest BCUT2D eigenvalue weighted by atomic mass is 31.2. The fraction of sp³-hybridized carbons (Fsp3) is 0.872. The Kier molecular flexibility index (Phi) is 38.9. The zero-order valence-corrected chi connectivity index (χ0v) is 38.7. The van der Waals surface area contributed by atoms with E-state index in [1.165, 1.54) is 122 Å². The molecule has 0 aliphatic heterocycles. The zero-order valence-electron chi connectivity index (χ0n) is 37.8. The summed E-state index contributed by atoms with van der Waals surface area (Å²) in [6.07, 6.45) is 43.4. The summed E-state index contributed by atoms with van der Waals surface area (Å²) >= 11 is 0. The molecule has 9 nitrogen and oxygen atoms in total. The number of nitrogens with zero attached hydrogens (tertiary/aromatic N) is 1. The van der Waals surface area contributed by atoms with Crippen molar-refractivity contribution in [2.45, 2.75) is 219 Å². The monoisotopic (exact) mass is 828 g/mol. The number of phosphoric ester groups is 1. The molecule has 0 saturated carbocycles. The van der Waals surface area contributed by atoms with Crippen LogP contribution in [0.4, 0.5) is 0 Å². The maximum absolute atomic E-state index is 12.7. The van der Waals surface area contributed by atoms with Gasteiger partial charge >= 0.3 is 11.9 Å². The van der Waals surface area contributed by atoms with Gasteiger partial charge in [0.25, 0.3) is 7.82 Å². The molecule has 0 heterocycles. The molecule has 336 valence electrons. The largest absolute Gasteiger partial charge is 0.756 e. The van der Waals surface area contributed by atoms with E-state index in [-0.39, 0.29) is 32.0 Å². The first-order valence-corrected chi connectivity index (χ1v) is 25.0. The molecule has 0 radical (unpaired) electrons. The van der Waals surface area contributed by atoms with Gasteiger partial charge in [-0.2, -0.15) is 0 Å². The van der Waals surface area contributed by atoms with Gasteiger partial charge in [-0.05, 0) is 44.9 Å². The molecule has 2 unspecified atom stereocenters. The van der Waals surface area contributed by atoms with Gasteiger partial charge in [0.2, 0.25) is 0 Å². The number of allylic oxidation sites excluding steroid dienone is 4. The summed E-state index contributed by atoms with van der Waals surface area (Å²) < 4.78 is 33.9. The van der Waals surface area contributed by atoms with Gasteiger partial charge in [0.15, 0.2) is 6.10 Å². The molecular formula is C47H90NO8P. The van der Waals surface area contributed by atoms with Crippen molar-refractivity contribution in [3.63, 3.8) is 0 Å². The molecule has 2 atom stereocenters. The number of phosphoric acid groups is 1. The number of carbonyl (C=O) groups is 2. The lowest BCUT2D eigenvalue weighted by Crippen LogP contribution is -2.37. The molecule has 0 amide bonds. The van der Waals surface area contributed by atoms with Gasteiger partial charge in [-0.25, -0.2) is 0 Å². The highest BCUT2D eigenvalue weighted by Gasteiger charge is 2.21. The second kappa shape index (κ2) is 39.9. The van der Waals surface area contributed by atoms with Crippen LogP contribution in [0.5, 0.6) is 0 Å². The number of likely N-dealkylation sites (N-methyl/N-ethyl adjacent to an activating group) is 1. The first-order valence-electron chi connectivity index (χ1n) is 23.5. The van der Waals surface area contributed by atoms with Crippen molar-refractivity contribution in [1.82, 2.24) is 0 Å². The number of hydrogen-bond donors (Lipinski definition) is 0. The maximum Gasteiger partial charge on any atom is 0.306 e. The molecule has 0 aromatic rings. The van der Waals surface area contributed by atoms with Crippen LogP contribution in [0.3, 0.4) is 0 Å². The minimum absolute atomic E-state index is 0.0318. The number of quaternary nitrogens is 1. The van der Waals surface area contributed by atoms with E-state index in [4.69, 9.17) is 18.5 Å². The molecule has 0 spiro atoms. The Hall–Kier alpha value is -1.51. The van der Waals surface area contributed by atoms with Crippen LogP contribution in [0, 0.1) is 0 Å². The Labute approximate surface area is 351 Å². The van der Waals surface area contributed by atoms with Crippen LogP contribution in [-0.2, 0) is 32.7 Å². The van der Waals surface area contributed by atoms with E-state index in [2.05, 4.69) is 38.2 Å². The van der Waals surface area contributed by atoms with E-state index in [0.717, 1.165) is 57.8 Å². The van der Waals surface area contributed by atoms with Crippen molar-refractivity contribution < 1.29 is 42.1 Å². The normalized spacial score (nSPS) is 13.7. The van der Waals surface area contributed by atoms with Crippen molar-refractivity contribution in [3.05, 3.63) is 24.3 Å². The number of rotatable bonds is 43. The Bertz CT molecular complexity index is 1030. The fourth-order valence-electron chi connectivity index (χ4n) is 6.51. The molecule has 10 heteroatoms. The molecule has 0 N–H and O–H groups in total. The summed E-state index contributed by atoms with van der Waals surface area (Å²) in [4.78, 5) is 37.6. The predicted molar refractivity (Wildman–Crippen MR) is 236 cm³/mol. The van der Waals surface area contributed by atoms with Gasteiger partial charge in [0.1, 0.15) is 19.8 Å². The second-order valence-electron chi connectivity index (χ2n) is 17.1. The number of unbranched alkanes of at least 4 members (excludes halogenated alkanes) is 25. The van der Waals surface area contributed by atoms with Crippen molar-refractivity contribution in [2.24, 2.45) is 0 Å². The van der Waals surface area contributed by atoms with E-state index in [1.54, 1.807) is 0 Å². The number of ether oxygens (including phenoxy) is 2. The number of hydrogen-bond acceptors (Lipinski definition) is 8. The number of esters is 2. The van der Waals surface area contributed by atoms with Crippen LogP contribution in [0.25, 0.3) is 0 Å². The molecular weight excluding hydrogens is 737 g/mol. The fourth-order valence-corrected chi connectivity index (χ4v) is 7.24. The summed E-state index contributed by atoms with van der Waals surface area (Å²) in [6, 6.07) is 0. The van der Waals surface area contributed by atoms with Crippen molar-refractivity contribution in [3.8, 4) is 0 Å². The van der Waals surface area contributed by atoms with Gasteiger partial charge < -0.3 is 27.9 Å². The average Bonchev–Trinajstić information content (AvgIpc) is 3.16. The van der Waals surface area contributed by atoms with Crippen molar-refractivity contribution in [1.29, 1.82) is 0 Å². The van der Waals surface area contributed by atoms with Gasteiger partial charge in [0.05, 0.1) is 27.7 Å². The summed E-state index contributed by atoms with van der Waals surface area (Å²) in [6.45, 7) is 4.22. The predicted octanol–water partition coefficient (Wildman–Crippen LogP) is 12.9. The Balaban J connectivity index is 4.31. The Morgan fingerprint density at radius 1 is 0.544 bits per heavy atom. The lowest BCUT2D eigenvalue weighted by molar-refractivity contribution is -0.870. The van der Waals surface area contributed by atoms with Crippen molar-refractivity contribution in [2.75, 3.05) is 47.5 Å². The summed E-state index contributed by atoms with van der Waals surface area (Å²) in [5.41, 5.74) is 0. The first-order chi connectivity index (χ1) is 27.5. The van der Waals surface area contributed by atoms with Crippen LogP contribution in [0.2, 0.25) is 0 Å². The third-order valence-corrected chi connectivity index (χ3v) is 11.2. The van der Waals surface area contributed by atoms with E-state index in [0.29, 0.717) is 17.4 Å². The van der Waals surface area contributed by atoms with Gasteiger partial charge in [-0.1, -0.05) is 179 Å². The molecule has 0 bridgehead atoms. The topological polar surface area (TPSA) is 111 Å². The molecule has 0 aromatic heterocycles. The molecule has 0 aliphatic rings. The van der Waals surface area contributed by atoms with E-state index < -0.39 is 26.5 Å². The van der Waals surface area contributed by atoms with Crippen molar-refractivity contribution >= 4 is 19.8 Å². The zero-order chi connectivity index (χ0) is 42.1. The summed E-state index contributed by atoms with van der Waals surface area (Å²) in [5, 5.41) is 0. The molecule has 0 fully saturated rings. The average molecular weight is 828 g/mol.